The summed E-state index contributed by atoms with van der Waals surface area (Å²) in [6.45, 7) is -0.00698. The first kappa shape index (κ1) is 14.0. The number of ether oxygens (including phenoxy) is 1. The van der Waals surface area contributed by atoms with Gasteiger partial charge in [0.1, 0.15) is 6.61 Å². The molecule has 2 heterocycles. The summed E-state index contributed by atoms with van der Waals surface area (Å²) in [5.74, 6) is -3.59. The molecule has 8 nitrogen and oxygen atoms in total. The summed E-state index contributed by atoms with van der Waals surface area (Å²) in [6.07, 6.45) is -0.909. The van der Waals surface area contributed by atoms with Gasteiger partial charge in [0.25, 0.3) is 0 Å². The van der Waals surface area contributed by atoms with Crippen LogP contribution in [0, 0.1) is 0 Å². The van der Waals surface area contributed by atoms with E-state index in [1.165, 1.54) is 6.07 Å². The Bertz CT molecular complexity index is 555. The number of aliphatic carboxylic acids is 1. The predicted octanol–water partition coefficient (Wildman–Crippen LogP) is -0.0312. The van der Waals surface area contributed by atoms with Gasteiger partial charge >= 0.3 is 23.9 Å². The molecule has 1 aromatic rings. The number of cyclic esters (lactones) is 1. The summed E-state index contributed by atoms with van der Waals surface area (Å²) in [4.78, 5) is 46.7. The quantitative estimate of drug-likeness (QED) is 0.758. The number of rotatable bonds is 3. The fourth-order valence-electron chi connectivity index (χ4n) is 1.60. The number of imide groups is 1. The first-order valence-electron chi connectivity index (χ1n) is 5.56. The van der Waals surface area contributed by atoms with Gasteiger partial charge in [-0.25, -0.2) is 14.5 Å². The van der Waals surface area contributed by atoms with Gasteiger partial charge in [-0.1, -0.05) is 6.07 Å². The van der Waals surface area contributed by atoms with Crippen LogP contribution < -0.4 is 5.32 Å². The molecule has 20 heavy (non-hydrogen) atoms. The maximum absolute atomic E-state index is 11.7. The minimum absolute atomic E-state index is 0.0190. The van der Waals surface area contributed by atoms with Crippen LogP contribution in [0.3, 0.4) is 0 Å². The van der Waals surface area contributed by atoms with Gasteiger partial charge in [0.2, 0.25) is 0 Å². The second-order valence-corrected chi connectivity index (χ2v) is 4.81. The zero-order chi connectivity index (χ0) is 14.7. The molecule has 1 aliphatic heterocycles. The number of carbonyl (C=O) groups excluding carboxylic acids is 3. The van der Waals surface area contributed by atoms with Crippen LogP contribution in [0.5, 0.6) is 0 Å². The van der Waals surface area contributed by atoms with E-state index in [1.807, 2.05) is 0 Å². The Morgan fingerprint density at radius 2 is 2.20 bits per heavy atom. The standard InChI is InChI=1S/C11H10N2O6S/c14-8(9(15)13-3-4-19-11(13)18)12-7(10(16)17)6-2-1-5-20-6/h1-2,5,7H,3-4H2,(H,12,14)(H,16,17). The second kappa shape index (κ2) is 5.70. The number of hydrogen-bond donors (Lipinski definition) is 2. The smallest absolute Gasteiger partial charge is 0.417 e. The molecule has 1 unspecified atom stereocenters. The fraction of sp³-hybridized carbons (Fsp3) is 0.273. The van der Waals surface area contributed by atoms with Crippen LogP contribution in [-0.2, 0) is 19.1 Å². The van der Waals surface area contributed by atoms with Crippen LogP contribution in [-0.4, -0.2) is 47.0 Å². The summed E-state index contributed by atoms with van der Waals surface area (Å²) in [5, 5.41) is 12.8. The maximum atomic E-state index is 11.7. The molecule has 1 saturated heterocycles. The van der Waals surface area contributed by atoms with Crippen LogP contribution in [0.1, 0.15) is 10.9 Å². The van der Waals surface area contributed by atoms with Gasteiger partial charge in [-0.3, -0.25) is 9.59 Å². The number of nitrogens with zero attached hydrogens (tertiary/aromatic N) is 1. The molecule has 9 heteroatoms. The molecule has 0 radical (unpaired) electrons. The van der Waals surface area contributed by atoms with Gasteiger partial charge in [0.15, 0.2) is 6.04 Å². The minimum atomic E-state index is -1.33. The van der Waals surface area contributed by atoms with E-state index >= 15 is 0 Å². The van der Waals surface area contributed by atoms with E-state index in [4.69, 9.17) is 5.11 Å². The summed E-state index contributed by atoms with van der Waals surface area (Å²) in [5.41, 5.74) is 0. The number of hydrogen-bond acceptors (Lipinski definition) is 6. The topological polar surface area (TPSA) is 113 Å². The van der Waals surface area contributed by atoms with Crippen molar-refractivity contribution >= 4 is 35.2 Å². The zero-order valence-corrected chi connectivity index (χ0v) is 10.9. The molecule has 106 valence electrons. The Hall–Kier alpha value is -2.42. The van der Waals surface area contributed by atoms with Crippen molar-refractivity contribution in [3.8, 4) is 0 Å². The van der Waals surface area contributed by atoms with Crippen molar-refractivity contribution in [3.63, 3.8) is 0 Å². The van der Waals surface area contributed by atoms with Gasteiger partial charge in [-0.05, 0) is 11.4 Å². The molecule has 0 spiro atoms. The lowest BCUT2D eigenvalue weighted by Gasteiger charge is -2.14. The molecule has 1 atom stereocenters. The molecule has 1 aliphatic rings. The average molecular weight is 298 g/mol. The van der Waals surface area contributed by atoms with Crippen molar-refractivity contribution in [2.75, 3.05) is 13.2 Å². The number of amides is 3. The molecular formula is C11H10N2O6S. The first-order chi connectivity index (χ1) is 9.50. The van der Waals surface area contributed by atoms with Crippen molar-refractivity contribution in [2.24, 2.45) is 0 Å². The highest BCUT2D eigenvalue weighted by atomic mass is 32.1. The van der Waals surface area contributed by atoms with E-state index in [-0.39, 0.29) is 13.2 Å². The van der Waals surface area contributed by atoms with E-state index in [0.29, 0.717) is 9.78 Å². The van der Waals surface area contributed by atoms with Crippen LogP contribution in [0.25, 0.3) is 0 Å². The summed E-state index contributed by atoms with van der Waals surface area (Å²) >= 11 is 1.13. The lowest BCUT2D eigenvalue weighted by molar-refractivity contribution is -0.147. The second-order valence-electron chi connectivity index (χ2n) is 3.83. The van der Waals surface area contributed by atoms with E-state index in [9.17, 15) is 19.2 Å². The molecule has 0 aromatic carbocycles. The minimum Gasteiger partial charge on any atom is -0.479 e. The predicted molar refractivity (Wildman–Crippen MR) is 65.9 cm³/mol. The fourth-order valence-corrected chi connectivity index (χ4v) is 2.37. The summed E-state index contributed by atoms with van der Waals surface area (Å²) < 4.78 is 4.53. The van der Waals surface area contributed by atoms with Crippen molar-refractivity contribution in [2.45, 2.75) is 6.04 Å². The van der Waals surface area contributed by atoms with E-state index in [1.54, 1.807) is 11.4 Å². The van der Waals surface area contributed by atoms with Crippen molar-refractivity contribution < 1.29 is 29.0 Å². The molecule has 0 bridgehead atoms. The van der Waals surface area contributed by atoms with Crippen molar-refractivity contribution in [3.05, 3.63) is 22.4 Å². The number of carboxylic acid groups (broad SMARTS) is 1. The highest BCUT2D eigenvalue weighted by molar-refractivity contribution is 7.10. The molecular weight excluding hydrogens is 288 g/mol. The Kier molecular flexibility index (Phi) is 3.99. The van der Waals surface area contributed by atoms with E-state index in [0.717, 1.165) is 11.3 Å². The normalized spacial score (nSPS) is 15.6. The number of nitrogens with one attached hydrogen (secondary N) is 1. The van der Waals surface area contributed by atoms with E-state index in [2.05, 4.69) is 10.1 Å². The molecule has 2 N–H and O–H groups in total. The molecule has 0 saturated carbocycles. The molecule has 0 aliphatic carbocycles. The average Bonchev–Trinajstić information content (AvgIpc) is 3.05. The first-order valence-corrected chi connectivity index (χ1v) is 6.44. The number of carbonyl (C=O) groups is 4. The molecule has 1 fully saturated rings. The summed E-state index contributed by atoms with van der Waals surface area (Å²) in [6, 6.07) is 1.82. The third-order valence-electron chi connectivity index (χ3n) is 2.55. The third-order valence-corrected chi connectivity index (χ3v) is 3.49. The van der Waals surface area contributed by atoms with Gasteiger partial charge in [-0.15, -0.1) is 11.3 Å². The summed E-state index contributed by atoms with van der Waals surface area (Å²) in [7, 11) is 0. The third kappa shape index (κ3) is 2.77. The zero-order valence-electron chi connectivity index (χ0n) is 10.1. The Labute approximate surface area is 116 Å². The maximum Gasteiger partial charge on any atom is 0.417 e. The molecule has 1 aromatic heterocycles. The Morgan fingerprint density at radius 1 is 1.45 bits per heavy atom. The molecule has 3 amide bonds. The SMILES string of the molecule is O=C(NC(C(=O)O)c1cccs1)C(=O)N1CCOC1=O. The van der Waals surface area contributed by atoms with Crippen molar-refractivity contribution in [1.29, 1.82) is 0 Å². The van der Waals surface area contributed by atoms with Crippen LogP contribution in [0.2, 0.25) is 0 Å². The highest BCUT2D eigenvalue weighted by Gasteiger charge is 2.35. The monoisotopic (exact) mass is 298 g/mol. The van der Waals surface area contributed by atoms with Gasteiger partial charge in [-0.2, -0.15) is 0 Å². The molecule has 2 rings (SSSR count). The van der Waals surface area contributed by atoms with Gasteiger partial charge in [0, 0.05) is 4.88 Å². The van der Waals surface area contributed by atoms with Crippen molar-refractivity contribution in [1.82, 2.24) is 10.2 Å². The van der Waals surface area contributed by atoms with Gasteiger partial charge in [0.05, 0.1) is 6.54 Å². The van der Waals surface area contributed by atoms with Gasteiger partial charge < -0.3 is 15.2 Å². The lowest BCUT2D eigenvalue weighted by atomic mass is 10.2. The highest BCUT2D eigenvalue weighted by Crippen LogP contribution is 2.19. The van der Waals surface area contributed by atoms with Crippen LogP contribution in [0.15, 0.2) is 17.5 Å². The number of carboxylic acids is 1. The largest absolute Gasteiger partial charge is 0.479 e. The van der Waals surface area contributed by atoms with Crippen LogP contribution in [0.4, 0.5) is 4.79 Å². The van der Waals surface area contributed by atoms with Crippen LogP contribution >= 0.6 is 11.3 Å². The lowest BCUT2D eigenvalue weighted by Crippen LogP contribution is -2.45. The Balaban J connectivity index is 2.07. The Morgan fingerprint density at radius 3 is 2.70 bits per heavy atom. The van der Waals surface area contributed by atoms with E-state index < -0.39 is 29.9 Å². The number of thiophene rings is 1.